The summed E-state index contributed by atoms with van der Waals surface area (Å²) in [4.78, 5) is 14.6. The Bertz CT molecular complexity index is 820. The fourth-order valence-electron chi connectivity index (χ4n) is 3.54. The van der Waals surface area contributed by atoms with Gasteiger partial charge < -0.3 is 9.64 Å². The summed E-state index contributed by atoms with van der Waals surface area (Å²) < 4.78 is 5.77. The van der Waals surface area contributed by atoms with Gasteiger partial charge in [-0.05, 0) is 29.7 Å². The van der Waals surface area contributed by atoms with Gasteiger partial charge in [-0.1, -0.05) is 57.2 Å². The highest BCUT2D eigenvalue weighted by molar-refractivity contribution is 5.93. The number of carbonyl (C=O) groups is 1. The number of aryl methyl sites for hydroxylation is 1. The van der Waals surface area contributed by atoms with Crippen LogP contribution in [0.3, 0.4) is 0 Å². The van der Waals surface area contributed by atoms with E-state index in [4.69, 9.17) is 4.74 Å². The highest BCUT2D eigenvalue weighted by Gasteiger charge is 2.38. The number of ether oxygens (including phenoxy) is 1. The molecule has 0 fully saturated rings. The number of anilines is 1. The standard InChI is InChI=1S/C22H25NO2/c1-5-16-10-6-9-13-20(16)25-15-17(24)14-21-22(2,3)18-11-7-8-12-19(18)23(21)4/h6-14H,5,15H2,1-4H3. The molecule has 0 bridgehead atoms. The lowest BCUT2D eigenvalue weighted by molar-refractivity contribution is -0.116. The zero-order valence-corrected chi connectivity index (χ0v) is 15.4. The molecule has 130 valence electrons. The first-order valence-electron chi connectivity index (χ1n) is 8.74. The zero-order valence-electron chi connectivity index (χ0n) is 15.4. The van der Waals surface area contributed by atoms with Crippen LogP contribution >= 0.6 is 0 Å². The number of ketones is 1. The summed E-state index contributed by atoms with van der Waals surface area (Å²) in [6.07, 6.45) is 2.62. The number of para-hydroxylation sites is 2. The van der Waals surface area contributed by atoms with Crippen LogP contribution in [0.4, 0.5) is 5.69 Å². The molecule has 2 aromatic rings. The number of hydrogen-bond acceptors (Lipinski definition) is 3. The van der Waals surface area contributed by atoms with Crippen molar-refractivity contribution in [2.24, 2.45) is 0 Å². The molecule has 0 amide bonds. The summed E-state index contributed by atoms with van der Waals surface area (Å²) in [6, 6.07) is 16.2. The van der Waals surface area contributed by atoms with Gasteiger partial charge in [0.1, 0.15) is 5.75 Å². The average molecular weight is 335 g/mol. The van der Waals surface area contributed by atoms with Crippen LogP contribution in [0, 0.1) is 0 Å². The summed E-state index contributed by atoms with van der Waals surface area (Å²) in [6.45, 7) is 6.45. The van der Waals surface area contributed by atoms with E-state index in [0.29, 0.717) is 0 Å². The lowest BCUT2D eigenvalue weighted by atomic mass is 9.83. The number of benzene rings is 2. The fourth-order valence-corrected chi connectivity index (χ4v) is 3.54. The Hall–Kier alpha value is -2.55. The number of allylic oxidation sites excluding steroid dienone is 1. The Balaban J connectivity index is 1.78. The monoisotopic (exact) mass is 335 g/mol. The molecule has 3 nitrogen and oxygen atoms in total. The minimum Gasteiger partial charge on any atom is -0.485 e. The summed E-state index contributed by atoms with van der Waals surface area (Å²) in [5, 5.41) is 0. The van der Waals surface area contributed by atoms with Crippen LogP contribution in [0.15, 0.2) is 60.3 Å². The van der Waals surface area contributed by atoms with Gasteiger partial charge in [0, 0.05) is 29.9 Å². The smallest absolute Gasteiger partial charge is 0.194 e. The SMILES string of the molecule is CCc1ccccc1OCC(=O)C=C1N(C)c2ccccc2C1(C)C. The van der Waals surface area contributed by atoms with Crippen LogP contribution in [0.25, 0.3) is 0 Å². The van der Waals surface area contributed by atoms with Crippen molar-refractivity contribution >= 4 is 11.5 Å². The summed E-state index contributed by atoms with van der Waals surface area (Å²) in [5.74, 6) is 0.771. The topological polar surface area (TPSA) is 29.5 Å². The molecule has 2 aromatic carbocycles. The Morgan fingerprint density at radius 3 is 2.52 bits per heavy atom. The van der Waals surface area contributed by atoms with E-state index in [2.05, 4.69) is 37.8 Å². The number of hydrogen-bond donors (Lipinski definition) is 0. The van der Waals surface area contributed by atoms with Crippen molar-refractivity contribution in [3.8, 4) is 5.75 Å². The van der Waals surface area contributed by atoms with E-state index in [1.807, 2.05) is 43.4 Å². The Labute approximate surface area is 149 Å². The molecule has 3 rings (SSSR count). The fraction of sp³-hybridized carbons (Fsp3) is 0.318. The van der Waals surface area contributed by atoms with Crippen molar-refractivity contribution in [3.05, 3.63) is 71.4 Å². The number of nitrogens with zero attached hydrogens (tertiary/aromatic N) is 1. The third kappa shape index (κ3) is 3.19. The van der Waals surface area contributed by atoms with Crippen LogP contribution in [0.1, 0.15) is 31.9 Å². The molecule has 0 aromatic heterocycles. The second-order valence-corrected chi connectivity index (χ2v) is 6.95. The van der Waals surface area contributed by atoms with Crippen LogP contribution in [-0.4, -0.2) is 19.4 Å². The third-order valence-corrected chi connectivity index (χ3v) is 4.96. The van der Waals surface area contributed by atoms with E-state index in [1.165, 1.54) is 5.56 Å². The molecule has 0 N–H and O–H groups in total. The molecule has 0 aliphatic carbocycles. The molecular formula is C22H25NO2. The van der Waals surface area contributed by atoms with Gasteiger partial charge >= 0.3 is 0 Å². The highest BCUT2D eigenvalue weighted by Crippen LogP contribution is 2.46. The van der Waals surface area contributed by atoms with Crippen LogP contribution in [0.2, 0.25) is 0 Å². The van der Waals surface area contributed by atoms with Crippen LogP contribution in [0.5, 0.6) is 5.75 Å². The molecular weight excluding hydrogens is 310 g/mol. The van der Waals surface area contributed by atoms with Gasteiger partial charge in [-0.2, -0.15) is 0 Å². The Morgan fingerprint density at radius 1 is 1.12 bits per heavy atom. The van der Waals surface area contributed by atoms with Crippen LogP contribution in [-0.2, 0) is 16.6 Å². The summed E-state index contributed by atoms with van der Waals surface area (Å²) in [7, 11) is 2.01. The molecule has 0 radical (unpaired) electrons. The number of likely N-dealkylation sites (N-methyl/N-ethyl adjacent to an activating group) is 1. The number of rotatable bonds is 5. The molecule has 0 unspecified atom stereocenters. The van der Waals surface area contributed by atoms with Gasteiger partial charge in [-0.25, -0.2) is 0 Å². The molecule has 0 saturated carbocycles. The average Bonchev–Trinajstić information content (AvgIpc) is 2.81. The largest absolute Gasteiger partial charge is 0.485 e. The van der Waals surface area contributed by atoms with Crippen molar-refractivity contribution in [2.75, 3.05) is 18.6 Å². The first kappa shape index (κ1) is 17.3. The maximum atomic E-state index is 12.5. The lowest BCUT2D eigenvalue weighted by Gasteiger charge is -2.24. The molecule has 0 atom stereocenters. The molecule has 0 saturated heterocycles. The van der Waals surface area contributed by atoms with Crippen molar-refractivity contribution in [3.63, 3.8) is 0 Å². The van der Waals surface area contributed by atoms with Crippen LogP contribution < -0.4 is 9.64 Å². The minimum atomic E-state index is -0.192. The van der Waals surface area contributed by atoms with E-state index in [1.54, 1.807) is 6.08 Å². The van der Waals surface area contributed by atoms with Crippen molar-refractivity contribution in [2.45, 2.75) is 32.6 Å². The van der Waals surface area contributed by atoms with Crippen molar-refractivity contribution in [1.29, 1.82) is 0 Å². The number of carbonyl (C=O) groups excluding carboxylic acids is 1. The first-order valence-corrected chi connectivity index (χ1v) is 8.74. The maximum Gasteiger partial charge on any atom is 0.194 e. The summed E-state index contributed by atoms with van der Waals surface area (Å²) in [5.41, 5.74) is 4.33. The normalized spacial score (nSPS) is 16.8. The molecule has 25 heavy (non-hydrogen) atoms. The molecule has 1 heterocycles. The first-order chi connectivity index (χ1) is 11.9. The molecule has 1 aliphatic heterocycles. The molecule has 1 aliphatic rings. The molecule has 3 heteroatoms. The second-order valence-electron chi connectivity index (χ2n) is 6.95. The minimum absolute atomic E-state index is 0.0198. The van der Waals surface area contributed by atoms with Crippen molar-refractivity contribution < 1.29 is 9.53 Å². The predicted octanol–water partition coefficient (Wildman–Crippen LogP) is 4.51. The summed E-state index contributed by atoms with van der Waals surface area (Å²) >= 11 is 0. The van der Waals surface area contributed by atoms with Gasteiger partial charge in [-0.15, -0.1) is 0 Å². The Kier molecular flexibility index (Phi) is 4.67. The number of fused-ring (bicyclic) bond motifs is 1. The van der Waals surface area contributed by atoms with Gasteiger partial charge in [0.2, 0.25) is 0 Å². The predicted molar refractivity (Wildman–Crippen MR) is 102 cm³/mol. The quantitative estimate of drug-likeness (QED) is 0.753. The third-order valence-electron chi connectivity index (χ3n) is 4.96. The second kappa shape index (κ2) is 6.75. The lowest BCUT2D eigenvalue weighted by Crippen LogP contribution is -2.25. The van der Waals surface area contributed by atoms with Gasteiger partial charge in [0.15, 0.2) is 12.4 Å². The Morgan fingerprint density at radius 2 is 1.80 bits per heavy atom. The van der Waals surface area contributed by atoms with E-state index >= 15 is 0 Å². The van der Waals surface area contributed by atoms with E-state index < -0.39 is 0 Å². The van der Waals surface area contributed by atoms with Crippen molar-refractivity contribution in [1.82, 2.24) is 0 Å². The van der Waals surface area contributed by atoms with E-state index in [0.717, 1.165) is 29.1 Å². The van der Waals surface area contributed by atoms with Gasteiger partial charge in [-0.3, -0.25) is 4.79 Å². The molecule has 0 spiro atoms. The van der Waals surface area contributed by atoms with Gasteiger partial charge in [0.05, 0.1) is 0 Å². The van der Waals surface area contributed by atoms with E-state index in [-0.39, 0.29) is 17.8 Å². The zero-order chi connectivity index (χ0) is 18.0. The van der Waals surface area contributed by atoms with E-state index in [9.17, 15) is 4.79 Å². The maximum absolute atomic E-state index is 12.5. The van der Waals surface area contributed by atoms with Gasteiger partial charge in [0.25, 0.3) is 0 Å². The highest BCUT2D eigenvalue weighted by atomic mass is 16.5.